The van der Waals surface area contributed by atoms with Crippen molar-refractivity contribution < 1.29 is 24.0 Å². The summed E-state index contributed by atoms with van der Waals surface area (Å²) in [7, 11) is 1.48. The Hall–Kier alpha value is -3.42. The summed E-state index contributed by atoms with van der Waals surface area (Å²) in [6, 6.07) is 9.31. The van der Waals surface area contributed by atoms with Crippen LogP contribution >= 0.6 is 0 Å². The predicted molar refractivity (Wildman–Crippen MR) is 116 cm³/mol. The summed E-state index contributed by atoms with van der Waals surface area (Å²) >= 11 is 0. The molecule has 2 aromatic carbocycles. The number of ether oxygens (including phenoxy) is 2. The Balaban J connectivity index is 1.79. The number of carbonyl (C=O) groups is 2. The lowest BCUT2D eigenvalue weighted by Gasteiger charge is -2.32. The molecule has 0 saturated carbocycles. The molecule has 0 aromatic heterocycles. The molecule has 0 N–H and O–H groups in total. The second-order valence-corrected chi connectivity index (χ2v) is 7.81. The summed E-state index contributed by atoms with van der Waals surface area (Å²) in [6.07, 6.45) is 2.08. The van der Waals surface area contributed by atoms with Gasteiger partial charge in [-0.25, -0.2) is 4.79 Å². The number of methoxy groups -OCH3 is 1. The average molecular weight is 426 g/mol. The largest absolute Gasteiger partial charge is 0.496 e. The monoisotopic (exact) mass is 426 g/mol. The molecule has 1 atom stereocenters. The van der Waals surface area contributed by atoms with Gasteiger partial charge in [0, 0.05) is 30.3 Å². The first kappa shape index (κ1) is 22.3. The number of esters is 1. The maximum Gasteiger partial charge on any atom is 0.338 e. The summed E-state index contributed by atoms with van der Waals surface area (Å²) in [4.78, 5) is 37.4. The molecule has 0 spiro atoms. The van der Waals surface area contributed by atoms with E-state index < -0.39 is 10.9 Å². The number of piperidine rings is 1. The Kier molecular flexibility index (Phi) is 6.89. The SMILES string of the molecule is COc1ccc(C(C)=O)cc1COC(=O)c1ccc(N2CCC[C@H](C)C2)c([N+](=O)[O-])c1. The van der Waals surface area contributed by atoms with E-state index in [1.807, 2.05) is 4.90 Å². The summed E-state index contributed by atoms with van der Waals surface area (Å²) in [6.45, 7) is 4.95. The summed E-state index contributed by atoms with van der Waals surface area (Å²) in [5.74, 6) is 0.141. The Morgan fingerprint density at radius 1 is 1.19 bits per heavy atom. The molecule has 0 unspecified atom stereocenters. The lowest BCUT2D eigenvalue weighted by atomic mass is 9.99. The predicted octanol–water partition coefficient (Wildman–Crippen LogP) is 4.40. The minimum Gasteiger partial charge on any atom is -0.496 e. The van der Waals surface area contributed by atoms with Crippen LogP contribution in [0, 0.1) is 16.0 Å². The van der Waals surface area contributed by atoms with E-state index in [1.54, 1.807) is 30.3 Å². The summed E-state index contributed by atoms with van der Waals surface area (Å²) in [5.41, 5.74) is 1.52. The fourth-order valence-electron chi connectivity index (χ4n) is 3.81. The standard InChI is InChI=1S/C23H26N2O6/c1-15-5-4-10-24(13-15)20-8-6-18(12-21(20)25(28)29)23(27)31-14-19-11-17(16(2)26)7-9-22(19)30-3/h6-9,11-12,15H,4-5,10,13-14H2,1-3H3/t15-/m0/s1. The number of hydrogen-bond acceptors (Lipinski definition) is 7. The minimum absolute atomic E-state index is 0.0993. The Bertz CT molecular complexity index is 1000. The van der Waals surface area contributed by atoms with Gasteiger partial charge in [0.15, 0.2) is 5.78 Å². The topological polar surface area (TPSA) is 99.0 Å². The molecule has 8 nitrogen and oxygen atoms in total. The Morgan fingerprint density at radius 2 is 1.94 bits per heavy atom. The molecule has 8 heteroatoms. The molecule has 0 aliphatic carbocycles. The number of nitro benzene ring substituents is 1. The molecule has 3 rings (SSSR count). The zero-order chi connectivity index (χ0) is 22.5. The highest BCUT2D eigenvalue weighted by molar-refractivity contribution is 5.94. The third-order valence-electron chi connectivity index (χ3n) is 5.45. The highest BCUT2D eigenvalue weighted by Gasteiger charge is 2.25. The van der Waals surface area contributed by atoms with Crippen molar-refractivity contribution in [3.8, 4) is 5.75 Å². The molecule has 31 heavy (non-hydrogen) atoms. The smallest absolute Gasteiger partial charge is 0.338 e. The van der Waals surface area contributed by atoms with Gasteiger partial charge in [0.25, 0.3) is 5.69 Å². The highest BCUT2D eigenvalue weighted by atomic mass is 16.6. The molecular weight excluding hydrogens is 400 g/mol. The Morgan fingerprint density at radius 3 is 2.58 bits per heavy atom. The van der Waals surface area contributed by atoms with Gasteiger partial charge in [-0.15, -0.1) is 0 Å². The van der Waals surface area contributed by atoms with Crippen LogP contribution in [0.15, 0.2) is 36.4 Å². The zero-order valence-corrected chi connectivity index (χ0v) is 17.9. The second kappa shape index (κ2) is 9.59. The lowest BCUT2D eigenvalue weighted by Crippen LogP contribution is -2.34. The van der Waals surface area contributed by atoms with Gasteiger partial charge in [-0.05, 0) is 56.0 Å². The van der Waals surface area contributed by atoms with E-state index in [2.05, 4.69) is 6.92 Å². The first-order chi connectivity index (χ1) is 14.8. The van der Waals surface area contributed by atoms with Crippen molar-refractivity contribution in [1.82, 2.24) is 0 Å². The first-order valence-electron chi connectivity index (χ1n) is 10.2. The molecule has 0 bridgehead atoms. The van der Waals surface area contributed by atoms with E-state index >= 15 is 0 Å². The van der Waals surface area contributed by atoms with Crippen molar-refractivity contribution in [2.24, 2.45) is 5.92 Å². The Labute approximate surface area is 180 Å². The molecule has 1 heterocycles. The number of rotatable bonds is 7. The van der Waals surface area contributed by atoms with Gasteiger partial charge in [0.1, 0.15) is 18.0 Å². The van der Waals surface area contributed by atoms with E-state index in [-0.39, 0.29) is 23.6 Å². The molecule has 0 amide bonds. The maximum absolute atomic E-state index is 12.6. The minimum atomic E-state index is -0.683. The highest BCUT2D eigenvalue weighted by Crippen LogP contribution is 2.33. The van der Waals surface area contributed by atoms with Gasteiger partial charge in [-0.1, -0.05) is 6.92 Å². The molecule has 1 aliphatic rings. The van der Waals surface area contributed by atoms with E-state index in [1.165, 1.54) is 20.1 Å². The lowest BCUT2D eigenvalue weighted by molar-refractivity contribution is -0.384. The fourth-order valence-corrected chi connectivity index (χ4v) is 3.81. The van der Waals surface area contributed by atoms with Crippen LogP contribution in [0.1, 0.15) is 53.0 Å². The normalized spacial score (nSPS) is 16.0. The van der Waals surface area contributed by atoms with Crippen molar-refractivity contribution in [3.63, 3.8) is 0 Å². The van der Waals surface area contributed by atoms with Gasteiger partial charge in [-0.2, -0.15) is 0 Å². The molecule has 1 aliphatic heterocycles. The quantitative estimate of drug-likeness (QED) is 0.280. The summed E-state index contributed by atoms with van der Waals surface area (Å²) in [5, 5.41) is 11.7. The van der Waals surface area contributed by atoms with Crippen LogP contribution in [-0.2, 0) is 11.3 Å². The second-order valence-electron chi connectivity index (χ2n) is 7.81. The third kappa shape index (κ3) is 5.20. The van der Waals surface area contributed by atoms with Gasteiger partial charge in [0.05, 0.1) is 17.6 Å². The number of anilines is 1. The van der Waals surface area contributed by atoms with Crippen LogP contribution in [0.5, 0.6) is 5.75 Å². The van der Waals surface area contributed by atoms with Crippen molar-refractivity contribution >= 4 is 23.1 Å². The third-order valence-corrected chi connectivity index (χ3v) is 5.45. The van der Waals surface area contributed by atoms with E-state index in [9.17, 15) is 19.7 Å². The van der Waals surface area contributed by atoms with Gasteiger partial charge in [-0.3, -0.25) is 14.9 Å². The van der Waals surface area contributed by atoms with E-state index in [0.29, 0.717) is 28.5 Å². The molecule has 0 radical (unpaired) electrons. The molecule has 164 valence electrons. The molecular formula is C23H26N2O6. The molecule has 1 fully saturated rings. The van der Waals surface area contributed by atoms with Crippen LogP contribution in [0.4, 0.5) is 11.4 Å². The van der Waals surface area contributed by atoms with Crippen molar-refractivity contribution in [3.05, 3.63) is 63.2 Å². The number of ketones is 1. The van der Waals surface area contributed by atoms with Gasteiger partial charge in [0.2, 0.25) is 0 Å². The summed E-state index contributed by atoms with van der Waals surface area (Å²) < 4.78 is 10.6. The van der Waals surface area contributed by atoms with Gasteiger partial charge < -0.3 is 14.4 Å². The van der Waals surface area contributed by atoms with Crippen LogP contribution in [0.2, 0.25) is 0 Å². The number of carbonyl (C=O) groups excluding carboxylic acids is 2. The molecule has 2 aromatic rings. The fraction of sp³-hybridized carbons (Fsp3) is 0.391. The zero-order valence-electron chi connectivity index (χ0n) is 17.9. The molecule has 1 saturated heterocycles. The first-order valence-corrected chi connectivity index (χ1v) is 10.2. The van der Waals surface area contributed by atoms with Crippen molar-refractivity contribution in [1.29, 1.82) is 0 Å². The van der Waals surface area contributed by atoms with Crippen LogP contribution < -0.4 is 9.64 Å². The average Bonchev–Trinajstić information content (AvgIpc) is 2.76. The number of nitrogens with zero attached hydrogens (tertiary/aromatic N) is 2. The van der Waals surface area contributed by atoms with Crippen molar-refractivity contribution in [2.45, 2.75) is 33.3 Å². The maximum atomic E-state index is 12.6. The van der Waals surface area contributed by atoms with Gasteiger partial charge >= 0.3 is 5.97 Å². The number of Topliss-reactive ketones (excluding diaryl/α,β-unsaturated/α-hetero) is 1. The van der Waals surface area contributed by atoms with Crippen LogP contribution in [-0.4, -0.2) is 36.9 Å². The van der Waals surface area contributed by atoms with Crippen LogP contribution in [0.25, 0.3) is 0 Å². The van der Waals surface area contributed by atoms with E-state index in [4.69, 9.17) is 9.47 Å². The van der Waals surface area contributed by atoms with Crippen molar-refractivity contribution in [2.75, 3.05) is 25.1 Å². The number of hydrogen-bond donors (Lipinski definition) is 0. The number of nitro groups is 1. The van der Waals surface area contributed by atoms with Crippen LogP contribution in [0.3, 0.4) is 0 Å². The van der Waals surface area contributed by atoms with E-state index in [0.717, 1.165) is 25.9 Å². The number of benzene rings is 2.